The number of carbonyl (C=O) groups is 2. The van der Waals surface area contributed by atoms with Crippen LogP contribution in [0.1, 0.15) is 43.7 Å². The van der Waals surface area contributed by atoms with E-state index in [1.807, 2.05) is 0 Å². The molecule has 0 aromatic heterocycles. The van der Waals surface area contributed by atoms with Gasteiger partial charge in [0.15, 0.2) is 0 Å². The number of methoxy groups -OCH3 is 1. The van der Waals surface area contributed by atoms with Crippen molar-refractivity contribution in [3.63, 3.8) is 0 Å². The van der Waals surface area contributed by atoms with E-state index in [9.17, 15) is 79.8 Å². The highest BCUT2D eigenvalue weighted by Gasteiger charge is 2.90. The zero-order valence-corrected chi connectivity index (χ0v) is 23.7. The number of benzene rings is 1. The predicted molar refractivity (Wildman–Crippen MR) is 126 cm³/mol. The summed E-state index contributed by atoms with van der Waals surface area (Å²) in [6, 6.07) is 3.47. The molecule has 2 rings (SSSR count). The third kappa shape index (κ3) is 6.84. The Morgan fingerprint density at radius 1 is 0.702 bits per heavy atom. The maximum Gasteiger partial charge on any atom is 0.460 e. The van der Waals surface area contributed by atoms with Gasteiger partial charge in [-0.15, -0.1) is 0 Å². The van der Waals surface area contributed by atoms with E-state index in [0.717, 1.165) is 32.2 Å². The number of halogens is 16. The predicted octanol–water partition coefficient (Wildman–Crippen LogP) is 8.18. The average Bonchev–Trinajstić information content (AvgIpc) is 2.92. The second-order valence-corrected chi connectivity index (χ2v) is 9.95. The zero-order valence-electron chi connectivity index (χ0n) is 23.7. The van der Waals surface area contributed by atoms with Crippen molar-refractivity contribution in [1.29, 1.82) is 0 Å². The SMILES string of the molecule is COC(=O)C1=C(C)NC(C)=C(C(=O)OCCCC(F)(F)C(F)(F)C(F)(F)C(F)(F)C(F)(F)C(F)(F)F)C1c1ccccc1C(F)(F)F. The van der Waals surface area contributed by atoms with Crippen molar-refractivity contribution >= 4 is 11.9 Å². The van der Waals surface area contributed by atoms with Gasteiger partial charge in [0.05, 0.1) is 36.3 Å². The number of dihydropyridines is 1. The summed E-state index contributed by atoms with van der Waals surface area (Å²) in [4.78, 5) is 25.6. The van der Waals surface area contributed by atoms with Gasteiger partial charge in [-0.2, -0.15) is 70.2 Å². The lowest BCUT2D eigenvalue weighted by Crippen LogP contribution is -2.70. The number of ether oxygens (including phenoxy) is 2. The summed E-state index contributed by atoms with van der Waals surface area (Å²) in [5, 5.41) is 2.48. The molecule has 0 spiro atoms. The minimum absolute atomic E-state index is 0.122. The quantitative estimate of drug-likeness (QED) is 0.142. The molecule has 1 aromatic rings. The van der Waals surface area contributed by atoms with Gasteiger partial charge in [-0.1, -0.05) is 18.2 Å². The van der Waals surface area contributed by atoms with Crippen molar-refractivity contribution in [3.05, 3.63) is 57.9 Å². The Morgan fingerprint density at radius 2 is 1.17 bits per heavy atom. The van der Waals surface area contributed by atoms with Gasteiger partial charge in [0.25, 0.3) is 0 Å². The minimum Gasteiger partial charge on any atom is -0.466 e. The Labute approximate surface area is 253 Å². The van der Waals surface area contributed by atoms with E-state index in [4.69, 9.17) is 0 Å². The van der Waals surface area contributed by atoms with Crippen LogP contribution in [-0.4, -0.2) is 61.4 Å². The van der Waals surface area contributed by atoms with E-state index in [2.05, 4.69) is 14.8 Å². The summed E-state index contributed by atoms with van der Waals surface area (Å²) in [6.07, 6.45) is -17.0. The molecule has 266 valence electrons. The number of allylic oxidation sites excluding steroid dienone is 2. The Balaban J connectivity index is 2.39. The molecule has 0 aliphatic carbocycles. The van der Waals surface area contributed by atoms with Crippen molar-refractivity contribution in [1.82, 2.24) is 5.32 Å². The molecule has 1 aliphatic rings. The molecular formula is C26H21F16NO4. The molecule has 1 aliphatic heterocycles. The van der Waals surface area contributed by atoms with Crippen LogP contribution in [0, 0.1) is 0 Å². The molecule has 5 nitrogen and oxygen atoms in total. The van der Waals surface area contributed by atoms with Crippen LogP contribution in [0.5, 0.6) is 0 Å². The first-order valence-electron chi connectivity index (χ1n) is 12.6. The Bertz CT molecular complexity index is 1430. The molecule has 21 heteroatoms. The number of hydrogen-bond acceptors (Lipinski definition) is 5. The summed E-state index contributed by atoms with van der Waals surface area (Å²) in [5.74, 6) is -42.8. The van der Waals surface area contributed by atoms with E-state index in [-0.39, 0.29) is 11.4 Å². The zero-order chi connectivity index (χ0) is 36.8. The van der Waals surface area contributed by atoms with Crippen LogP contribution in [0.25, 0.3) is 0 Å². The molecule has 1 unspecified atom stereocenters. The lowest BCUT2D eigenvalue weighted by molar-refractivity contribution is -0.440. The maximum atomic E-state index is 14.1. The fraction of sp³-hybridized carbons (Fsp3) is 0.538. The number of alkyl halides is 16. The number of esters is 2. The Hall–Kier alpha value is -3.68. The summed E-state index contributed by atoms with van der Waals surface area (Å²) < 4.78 is 224. The van der Waals surface area contributed by atoms with E-state index >= 15 is 0 Å². The van der Waals surface area contributed by atoms with Crippen LogP contribution in [0.2, 0.25) is 0 Å². The van der Waals surface area contributed by atoms with Crippen molar-refractivity contribution in [2.24, 2.45) is 0 Å². The highest BCUT2D eigenvalue weighted by molar-refractivity contribution is 6.00. The first kappa shape index (κ1) is 39.5. The smallest absolute Gasteiger partial charge is 0.460 e. The highest BCUT2D eigenvalue weighted by Crippen LogP contribution is 2.60. The second kappa shape index (κ2) is 12.7. The van der Waals surface area contributed by atoms with E-state index < -0.39 is 102 Å². The monoisotopic (exact) mass is 715 g/mol. The molecule has 1 heterocycles. The molecule has 1 atom stereocenters. The van der Waals surface area contributed by atoms with Crippen molar-refractivity contribution in [2.45, 2.75) is 74.6 Å². The van der Waals surface area contributed by atoms with Crippen LogP contribution in [0.4, 0.5) is 70.2 Å². The van der Waals surface area contributed by atoms with Crippen LogP contribution in [0.3, 0.4) is 0 Å². The second-order valence-electron chi connectivity index (χ2n) is 9.95. The summed E-state index contributed by atoms with van der Waals surface area (Å²) in [7, 11) is 0.831. The lowest BCUT2D eigenvalue weighted by atomic mass is 9.78. The molecule has 0 bridgehead atoms. The fourth-order valence-electron chi connectivity index (χ4n) is 4.46. The molecule has 0 radical (unpaired) electrons. The van der Waals surface area contributed by atoms with Gasteiger partial charge in [-0.05, 0) is 31.9 Å². The van der Waals surface area contributed by atoms with Crippen molar-refractivity contribution < 1.29 is 89.3 Å². The van der Waals surface area contributed by atoms with Gasteiger partial charge in [0, 0.05) is 17.8 Å². The number of rotatable bonds is 11. The normalized spacial score (nSPS) is 17.5. The third-order valence-corrected chi connectivity index (χ3v) is 6.83. The van der Waals surface area contributed by atoms with E-state index in [0.29, 0.717) is 6.07 Å². The standard InChI is InChI=1S/C26H21F16NO4/c1-11-15(18(44)46-3)17(13-7-4-5-8-14(13)21(29,30)31)16(12(2)43-11)19(45)47-10-6-9-20(27,28)22(32,33)23(34,35)24(36,37)25(38,39)26(40,41)42/h4-5,7-8,17,43H,6,9-10H2,1-3H3. The molecule has 0 fully saturated rings. The number of hydrogen-bond donors (Lipinski definition) is 1. The van der Waals surface area contributed by atoms with Gasteiger partial charge in [0.2, 0.25) is 0 Å². The molecule has 47 heavy (non-hydrogen) atoms. The van der Waals surface area contributed by atoms with E-state index in [1.54, 1.807) is 0 Å². The number of nitrogens with one attached hydrogen (secondary N) is 1. The summed E-state index contributed by atoms with van der Waals surface area (Å²) in [5.41, 5.74) is -3.86. The third-order valence-electron chi connectivity index (χ3n) is 6.83. The van der Waals surface area contributed by atoms with Gasteiger partial charge in [-0.25, -0.2) is 9.59 Å². The molecule has 0 saturated heterocycles. The molecular weight excluding hydrogens is 694 g/mol. The van der Waals surface area contributed by atoms with Crippen LogP contribution < -0.4 is 5.32 Å². The van der Waals surface area contributed by atoms with Crippen molar-refractivity contribution in [3.8, 4) is 0 Å². The first-order valence-corrected chi connectivity index (χ1v) is 12.6. The van der Waals surface area contributed by atoms with Crippen molar-refractivity contribution in [2.75, 3.05) is 13.7 Å². The molecule has 1 N–H and O–H groups in total. The molecule has 0 amide bonds. The summed E-state index contributed by atoms with van der Waals surface area (Å²) >= 11 is 0. The van der Waals surface area contributed by atoms with Crippen LogP contribution in [0.15, 0.2) is 46.8 Å². The fourth-order valence-corrected chi connectivity index (χ4v) is 4.46. The van der Waals surface area contributed by atoms with Gasteiger partial charge >= 0.3 is 53.9 Å². The first-order chi connectivity index (χ1) is 21.0. The Morgan fingerprint density at radius 3 is 1.64 bits per heavy atom. The van der Waals surface area contributed by atoms with Gasteiger partial charge < -0.3 is 14.8 Å². The maximum absolute atomic E-state index is 14.1. The molecule has 1 aromatic carbocycles. The average molecular weight is 715 g/mol. The highest BCUT2D eigenvalue weighted by atomic mass is 19.4. The van der Waals surface area contributed by atoms with Crippen LogP contribution in [-0.2, 0) is 25.2 Å². The lowest BCUT2D eigenvalue weighted by Gasteiger charge is -2.39. The summed E-state index contributed by atoms with van der Waals surface area (Å²) in [6.45, 7) is 0.796. The molecule has 0 saturated carbocycles. The van der Waals surface area contributed by atoms with Gasteiger partial charge in [-0.3, -0.25) is 0 Å². The Kier molecular flexibility index (Phi) is 10.7. The minimum atomic E-state index is -8.08. The van der Waals surface area contributed by atoms with Crippen LogP contribution >= 0.6 is 0 Å². The number of carbonyl (C=O) groups excluding carboxylic acids is 2. The topological polar surface area (TPSA) is 64.6 Å². The van der Waals surface area contributed by atoms with Gasteiger partial charge in [0.1, 0.15) is 0 Å². The largest absolute Gasteiger partial charge is 0.466 e. The van der Waals surface area contributed by atoms with E-state index in [1.165, 1.54) is 6.92 Å².